The molecule has 230 valence electrons. The number of amides is 2. The van der Waals surface area contributed by atoms with Gasteiger partial charge in [-0.15, -0.1) is 11.3 Å². The van der Waals surface area contributed by atoms with Crippen molar-refractivity contribution in [2.45, 2.75) is 95.4 Å². The Morgan fingerprint density at radius 1 is 1.00 bits per heavy atom. The number of likely N-dealkylation sites (tertiary alicyclic amines) is 1. The Bertz CT molecular complexity index is 1410. The number of halogens is 3. The van der Waals surface area contributed by atoms with Crippen molar-refractivity contribution < 1.29 is 31.2 Å². The fraction of sp³-hybridized carbons (Fsp3) is 0.643. The number of rotatable bonds is 6. The predicted molar refractivity (Wildman–Crippen MR) is 154 cm³/mol. The van der Waals surface area contributed by atoms with E-state index in [9.17, 15) is 31.2 Å². The Labute approximate surface area is 247 Å². The van der Waals surface area contributed by atoms with Crippen LogP contribution in [0.3, 0.4) is 0 Å². The molecule has 0 radical (unpaired) electrons. The number of pyridine rings is 1. The number of piperidine rings is 1. The molecular weight excluding hydrogens is 591 g/mol. The standard InChI is InChI=1S/C28H36F3N5O4S2/c1-17-7-5-6-12-36(17)27(38)23-24(41-26(35-23)25(37)34-19-10-13-42(39,40)14-11-19)20-16-32-22(15-21(20)28(29,30)31)33-18-8-3-2-4-9-18/h15-19H,2-14H2,1H3,(H,32,33)(H,34,37)/t17-/m0/s1. The molecule has 0 aromatic carbocycles. The normalized spacial score (nSPS) is 22.1. The molecule has 14 heteroatoms. The van der Waals surface area contributed by atoms with E-state index in [0.29, 0.717) is 6.54 Å². The first-order valence-electron chi connectivity index (χ1n) is 14.6. The van der Waals surface area contributed by atoms with Gasteiger partial charge in [0.2, 0.25) is 0 Å². The molecule has 0 bridgehead atoms. The van der Waals surface area contributed by atoms with Crippen LogP contribution in [0.4, 0.5) is 19.0 Å². The lowest BCUT2D eigenvalue weighted by molar-refractivity contribution is -0.137. The summed E-state index contributed by atoms with van der Waals surface area (Å²) in [7, 11) is -3.15. The highest BCUT2D eigenvalue weighted by molar-refractivity contribution is 7.91. The van der Waals surface area contributed by atoms with Gasteiger partial charge in [-0.2, -0.15) is 13.2 Å². The highest BCUT2D eigenvalue weighted by Gasteiger charge is 2.38. The third-order valence-electron chi connectivity index (χ3n) is 8.39. The van der Waals surface area contributed by atoms with Crippen LogP contribution in [-0.2, 0) is 16.0 Å². The summed E-state index contributed by atoms with van der Waals surface area (Å²) >= 11 is 0.725. The predicted octanol–water partition coefficient (Wildman–Crippen LogP) is 5.29. The Balaban J connectivity index is 1.51. The maximum absolute atomic E-state index is 14.5. The summed E-state index contributed by atoms with van der Waals surface area (Å²) in [5.41, 5.74) is -1.46. The topological polar surface area (TPSA) is 121 Å². The molecular formula is C28H36F3N5O4S2. The van der Waals surface area contributed by atoms with E-state index in [1.807, 2.05) is 6.92 Å². The van der Waals surface area contributed by atoms with Crippen LogP contribution in [0.1, 0.15) is 97.0 Å². The number of nitrogens with zero attached hydrogens (tertiary/aromatic N) is 3. The fourth-order valence-corrected chi connectivity index (χ4v) is 8.44. The van der Waals surface area contributed by atoms with Crippen molar-refractivity contribution in [2.24, 2.45) is 0 Å². The number of carbonyl (C=O) groups is 2. The maximum atomic E-state index is 14.5. The summed E-state index contributed by atoms with van der Waals surface area (Å²) in [5.74, 6) is -1.16. The number of hydrogen-bond acceptors (Lipinski definition) is 8. The van der Waals surface area contributed by atoms with E-state index in [1.54, 1.807) is 4.90 Å². The van der Waals surface area contributed by atoms with Crippen LogP contribution in [0, 0.1) is 0 Å². The fourth-order valence-electron chi connectivity index (χ4n) is 5.97. The molecule has 3 aliphatic rings. The first-order valence-corrected chi connectivity index (χ1v) is 17.2. The van der Waals surface area contributed by atoms with Gasteiger partial charge in [0.05, 0.1) is 21.9 Å². The van der Waals surface area contributed by atoms with Crippen molar-refractivity contribution in [1.29, 1.82) is 0 Å². The quantitative estimate of drug-likeness (QED) is 0.447. The van der Waals surface area contributed by atoms with E-state index in [2.05, 4.69) is 20.6 Å². The zero-order valence-electron chi connectivity index (χ0n) is 23.5. The van der Waals surface area contributed by atoms with E-state index < -0.39 is 39.4 Å². The van der Waals surface area contributed by atoms with Gasteiger partial charge >= 0.3 is 6.18 Å². The third-order valence-corrected chi connectivity index (χ3v) is 11.2. The Hall–Kier alpha value is -2.74. The number of hydrogen-bond donors (Lipinski definition) is 2. The van der Waals surface area contributed by atoms with Crippen LogP contribution >= 0.6 is 11.3 Å². The molecule has 2 N–H and O–H groups in total. The second-order valence-corrected chi connectivity index (χ2v) is 14.8. The van der Waals surface area contributed by atoms with Crippen molar-refractivity contribution in [1.82, 2.24) is 20.2 Å². The maximum Gasteiger partial charge on any atom is 0.417 e. The van der Waals surface area contributed by atoms with Crippen LogP contribution in [-0.4, -0.2) is 71.3 Å². The number of thiazole rings is 1. The summed E-state index contributed by atoms with van der Waals surface area (Å²) in [6, 6.07) is 0.491. The van der Waals surface area contributed by atoms with Crippen molar-refractivity contribution in [3.8, 4) is 10.4 Å². The molecule has 42 heavy (non-hydrogen) atoms. The zero-order valence-corrected chi connectivity index (χ0v) is 25.1. The molecule has 1 atom stereocenters. The molecule has 3 fully saturated rings. The molecule has 2 aromatic rings. The second kappa shape index (κ2) is 12.5. The average Bonchev–Trinajstić information content (AvgIpc) is 3.40. The summed E-state index contributed by atoms with van der Waals surface area (Å²) in [6.45, 7) is 2.34. The number of alkyl halides is 3. The van der Waals surface area contributed by atoms with Crippen LogP contribution in [0.15, 0.2) is 12.3 Å². The molecule has 4 heterocycles. The molecule has 9 nitrogen and oxygen atoms in total. The minimum atomic E-state index is -4.75. The van der Waals surface area contributed by atoms with Crippen LogP contribution < -0.4 is 10.6 Å². The van der Waals surface area contributed by atoms with Gasteiger partial charge in [-0.25, -0.2) is 18.4 Å². The smallest absolute Gasteiger partial charge is 0.367 e. The van der Waals surface area contributed by atoms with Gasteiger partial charge < -0.3 is 15.5 Å². The summed E-state index contributed by atoms with van der Waals surface area (Å²) < 4.78 is 67.0. The summed E-state index contributed by atoms with van der Waals surface area (Å²) in [4.78, 5) is 37.1. The third kappa shape index (κ3) is 7.07. The van der Waals surface area contributed by atoms with E-state index in [0.717, 1.165) is 75.0 Å². The zero-order chi connectivity index (χ0) is 30.1. The van der Waals surface area contributed by atoms with Gasteiger partial charge in [-0.3, -0.25) is 9.59 Å². The van der Waals surface area contributed by atoms with Crippen molar-refractivity contribution in [3.63, 3.8) is 0 Å². The van der Waals surface area contributed by atoms with Crippen LogP contribution in [0.2, 0.25) is 0 Å². The molecule has 2 amide bonds. The van der Waals surface area contributed by atoms with E-state index in [4.69, 9.17) is 0 Å². The largest absolute Gasteiger partial charge is 0.417 e. The molecule has 2 saturated heterocycles. The lowest BCUT2D eigenvalue weighted by atomic mass is 9.95. The minimum Gasteiger partial charge on any atom is -0.367 e. The summed E-state index contributed by atoms with van der Waals surface area (Å²) in [6.07, 6.45) is 4.14. The number of nitrogens with one attached hydrogen (secondary N) is 2. The number of aromatic nitrogens is 2. The molecule has 2 aromatic heterocycles. The monoisotopic (exact) mass is 627 g/mol. The van der Waals surface area contributed by atoms with Crippen LogP contribution in [0.25, 0.3) is 10.4 Å². The van der Waals surface area contributed by atoms with Crippen molar-refractivity contribution in [3.05, 3.63) is 28.5 Å². The first-order chi connectivity index (χ1) is 19.9. The van der Waals surface area contributed by atoms with Gasteiger partial charge in [0, 0.05) is 36.4 Å². The number of anilines is 1. The molecule has 1 saturated carbocycles. The summed E-state index contributed by atoms with van der Waals surface area (Å²) in [5, 5.41) is 5.75. The molecule has 0 spiro atoms. The Morgan fingerprint density at radius 3 is 2.36 bits per heavy atom. The van der Waals surface area contributed by atoms with E-state index in [1.165, 1.54) is 0 Å². The minimum absolute atomic E-state index is 0.0457. The Kier molecular flexibility index (Phi) is 9.12. The average molecular weight is 628 g/mol. The van der Waals surface area contributed by atoms with Gasteiger partial charge in [0.25, 0.3) is 11.8 Å². The van der Waals surface area contributed by atoms with Crippen LogP contribution in [0.5, 0.6) is 0 Å². The van der Waals surface area contributed by atoms with Gasteiger partial charge in [0.15, 0.2) is 5.01 Å². The first kappa shape index (κ1) is 30.7. The van der Waals surface area contributed by atoms with Gasteiger partial charge in [-0.05, 0) is 57.9 Å². The Morgan fingerprint density at radius 2 is 1.69 bits per heavy atom. The van der Waals surface area contributed by atoms with E-state index in [-0.39, 0.29) is 63.4 Å². The van der Waals surface area contributed by atoms with Crippen molar-refractivity contribution in [2.75, 3.05) is 23.4 Å². The molecule has 2 aliphatic heterocycles. The molecule has 1 aliphatic carbocycles. The molecule has 5 rings (SSSR count). The van der Waals surface area contributed by atoms with Gasteiger partial charge in [-0.1, -0.05) is 19.3 Å². The highest BCUT2D eigenvalue weighted by Crippen LogP contribution is 2.42. The lowest BCUT2D eigenvalue weighted by Crippen LogP contribution is -2.42. The SMILES string of the molecule is C[C@H]1CCCCN1C(=O)c1nc(C(=O)NC2CCS(=O)(=O)CC2)sc1-c1cnc(NC2CCCCC2)cc1C(F)(F)F. The molecule has 0 unspecified atom stereocenters. The van der Waals surface area contributed by atoms with E-state index >= 15 is 0 Å². The van der Waals surface area contributed by atoms with Crippen molar-refractivity contribution >= 4 is 38.8 Å². The lowest BCUT2D eigenvalue weighted by Gasteiger charge is -2.33. The number of carbonyl (C=O) groups excluding carboxylic acids is 2. The second-order valence-electron chi connectivity index (χ2n) is 11.5. The van der Waals surface area contributed by atoms with Gasteiger partial charge in [0.1, 0.15) is 21.3 Å². The highest BCUT2D eigenvalue weighted by atomic mass is 32.2. The number of sulfone groups is 1.